The molecule has 2 heterocycles. The molecule has 0 spiro atoms. The summed E-state index contributed by atoms with van der Waals surface area (Å²) < 4.78 is 12.9. The van der Waals surface area contributed by atoms with Gasteiger partial charge in [0, 0.05) is 32.7 Å². The van der Waals surface area contributed by atoms with Gasteiger partial charge in [-0.25, -0.2) is 0 Å². The summed E-state index contributed by atoms with van der Waals surface area (Å²) in [5.74, 6) is 3.24. The Morgan fingerprint density at radius 2 is 0.520 bits per heavy atom. The number of ether oxygens (including phenoxy) is 2. The molecule has 21 rings (SSSR count). The van der Waals surface area contributed by atoms with Gasteiger partial charge in [-0.2, -0.15) is 10.5 Å². The van der Waals surface area contributed by atoms with Crippen molar-refractivity contribution in [3.63, 3.8) is 0 Å². The van der Waals surface area contributed by atoms with E-state index in [4.69, 9.17) is 9.47 Å². The van der Waals surface area contributed by atoms with Gasteiger partial charge in [-0.05, 0) is 244 Å². The van der Waals surface area contributed by atoms with Crippen LogP contribution in [0.2, 0.25) is 0 Å². The maximum Gasteiger partial charge on any atom is 0.135 e. The Bertz CT molecular complexity index is 6870. The van der Waals surface area contributed by atoms with Crippen LogP contribution in [0.15, 0.2) is 328 Å². The average molecular weight is 1270 g/mol. The van der Waals surface area contributed by atoms with Crippen LogP contribution in [0.25, 0.3) is 186 Å². The molecule has 0 aliphatic carbocycles. The third-order valence-corrected chi connectivity index (χ3v) is 20.9. The Morgan fingerprint density at radius 1 is 0.180 bits per heavy atom. The molecule has 0 saturated heterocycles. The van der Waals surface area contributed by atoms with E-state index < -0.39 is 0 Å². The van der Waals surface area contributed by atoms with E-state index in [-0.39, 0.29) is 0 Å². The van der Waals surface area contributed by atoms with Crippen molar-refractivity contribution in [2.45, 2.75) is 0 Å². The minimum Gasteiger partial charge on any atom is -0.456 e. The van der Waals surface area contributed by atoms with Crippen molar-refractivity contribution in [3.8, 4) is 113 Å². The van der Waals surface area contributed by atoms with Crippen molar-refractivity contribution in [2.75, 3.05) is 0 Å². The zero-order valence-electron chi connectivity index (χ0n) is 53.9. The van der Waals surface area contributed by atoms with Gasteiger partial charge < -0.3 is 9.47 Å². The molecule has 0 N–H and O–H groups in total. The first-order valence-corrected chi connectivity index (χ1v) is 33.9. The molecule has 0 bridgehead atoms. The third-order valence-electron chi connectivity index (χ3n) is 20.9. The Kier molecular flexibility index (Phi) is 12.7. The molecule has 0 aromatic heterocycles. The normalized spacial score (nSPS) is 11.9. The summed E-state index contributed by atoms with van der Waals surface area (Å²) in [6, 6.07) is 122. The van der Waals surface area contributed by atoms with Gasteiger partial charge in [0.15, 0.2) is 0 Å². The second kappa shape index (κ2) is 22.5. The molecule has 460 valence electrons. The van der Waals surface area contributed by atoms with Crippen LogP contribution in [0.4, 0.5) is 0 Å². The smallest absolute Gasteiger partial charge is 0.135 e. The SMILES string of the molecule is N#Cc1ccc2c3c(cccc13)Oc1cc(-c3ccc4cc(-c5cc6c7ccccc7c(-c7ccccc7)cc6c6ccccc56)ccc4c3)ccc1-2.N#Cc1ccc2c3c(cccc13)Oc1cc(-c3ccc4cc(-c5cc6c7ccccc7ccc6c6ccccc56)ccc4c3)ccc1-2. The van der Waals surface area contributed by atoms with Crippen molar-refractivity contribution in [3.05, 3.63) is 339 Å². The molecule has 100 heavy (non-hydrogen) atoms. The summed E-state index contributed by atoms with van der Waals surface area (Å²) in [4.78, 5) is 0. The highest BCUT2D eigenvalue weighted by atomic mass is 16.5. The lowest BCUT2D eigenvalue weighted by molar-refractivity contribution is 0.487. The number of nitrogens with zero attached hydrogens (tertiary/aromatic N) is 2. The Balaban J connectivity index is 0.000000136. The highest BCUT2D eigenvalue weighted by molar-refractivity contribution is 6.25. The second-order valence-corrected chi connectivity index (χ2v) is 26.3. The van der Waals surface area contributed by atoms with Crippen LogP contribution >= 0.6 is 0 Å². The number of benzene rings is 19. The zero-order chi connectivity index (χ0) is 66.1. The molecule has 4 nitrogen and oxygen atoms in total. The first kappa shape index (κ1) is 56.7. The van der Waals surface area contributed by atoms with Crippen molar-refractivity contribution >= 4 is 108 Å². The molecular weight excluding hydrogens is 1210 g/mol. The Morgan fingerprint density at radius 3 is 1.00 bits per heavy atom. The quantitative estimate of drug-likeness (QED) is 0.161. The van der Waals surface area contributed by atoms with E-state index in [0.717, 1.165) is 89.1 Å². The lowest BCUT2D eigenvalue weighted by Crippen LogP contribution is -1.98. The fraction of sp³-hybridized carbons (Fsp3) is 0. The molecular formula is C96H54N2O2. The maximum atomic E-state index is 9.68. The van der Waals surface area contributed by atoms with Crippen LogP contribution in [0.3, 0.4) is 0 Å². The van der Waals surface area contributed by atoms with Gasteiger partial charge in [0.2, 0.25) is 0 Å². The van der Waals surface area contributed by atoms with Gasteiger partial charge in [0.25, 0.3) is 0 Å². The van der Waals surface area contributed by atoms with E-state index in [2.05, 4.69) is 279 Å². The van der Waals surface area contributed by atoms with Crippen LogP contribution < -0.4 is 9.47 Å². The van der Waals surface area contributed by atoms with Crippen LogP contribution in [0.5, 0.6) is 23.0 Å². The zero-order valence-corrected chi connectivity index (χ0v) is 53.9. The summed E-state index contributed by atoms with van der Waals surface area (Å²) in [6.45, 7) is 0. The van der Waals surface area contributed by atoms with Crippen LogP contribution in [0.1, 0.15) is 11.1 Å². The molecule has 0 unspecified atom stereocenters. The first-order valence-electron chi connectivity index (χ1n) is 33.9. The summed E-state index contributed by atoms with van der Waals surface area (Å²) in [5, 5.41) is 43.2. The fourth-order valence-electron chi connectivity index (χ4n) is 16.1. The predicted octanol–water partition coefficient (Wildman–Crippen LogP) is 26.5. The number of rotatable bonds is 5. The number of hydrogen-bond acceptors (Lipinski definition) is 4. The van der Waals surface area contributed by atoms with Gasteiger partial charge in [-0.1, -0.05) is 237 Å². The predicted molar refractivity (Wildman–Crippen MR) is 416 cm³/mol. The van der Waals surface area contributed by atoms with Crippen LogP contribution in [-0.4, -0.2) is 0 Å². The molecule has 0 amide bonds. The van der Waals surface area contributed by atoms with Crippen molar-refractivity contribution < 1.29 is 9.47 Å². The van der Waals surface area contributed by atoms with Gasteiger partial charge in [-0.15, -0.1) is 0 Å². The van der Waals surface area contributed by atoms with E-state index in [0.29, 0.717) is 11.1 Å². The van der Waals surface area contributed by atoms with Gasteiger partial charge >= 0.3 is 0 Å². The summed E-state index contributed by atoms with van der Waals surface area (Å²) in [7, 11) is 0. The highest BCUT2D eigenvalue weighted by Gasteiger charge is 2.25. The average Bonchev–Trinajstić information content (AvgIpc) is 0.788. The summed E-state index contributed by atoms with van der Waals surface area (Å²) in [6.07, 6.45) is 0. The highest BCUT2D eigenvalue weighted by Crippen LogP contribution is 2.51. The summed E-state index contributed by atoms with van der Waals surface area (Å²) in [5.41, 5.74) is 17.5. The molecule has 0 fully saturated rings. The molecule has 0 radical (unpaired) electrons. The molecule has 2 aliphatic heterocycles. The number of hydrogen-bond donors (Lipinski definition) is 0. The van der Waals surface area contributed by atoms with Crippen molar-refractivity contribution in [1.82, 2.24) is 0 Å². The number of nitriles is 2. The standard InChI is InChI=1S/C51H29NO.C45H25NO/c52-30-37-22-24-44-43-23-21-35(27-50(43)53-49-16-8-15-38(37)51(44)49)33-17-18-34-26-36(20-19-32(34)25-33)46-29-48-41-13-6-4-11-39(41)45(31-9-2-1-3-10-31)28-47(48)42-14-7-5-12-40(42)46;46-26-33-18-21-40-39-20-17-31(24-44(39)47-43-11-5-10-35(33)45(40)43)29-12-13-30-23-32(15-14-28(30)22-29)41-25-42-34-7-2-1-6-27(34)16-19-38(42)36-8-3-4-9-37(36)41/h1-29H;1-25H. The maximum absolute atomic E-state index is 9.68. The van der Waals surface area contributed by atoms with E-state index in [1.807, 2.05) is 60.7 Å². The second-order valence-electron chi connectivity index (χ2n) is 26.3. The van der Waals surface area contributed by atoms with E-state index >= 15 is 0 Å². The molecule has 0 atom stereocenters. The first-order chi connectivity index (χ1) is 49.4. The topological polar surface area (TPSA) is 66.0 Å². The van der Waals surface area contributed by atoms with Gasteiger partial charge in [0.05, 0.1) is 23.3 Å². The molecule has 2 aliphatic rings. The molecule has 19 aromatic carbocycles. The third kappa shape index (κ3) is 8.99. The minimum atomic E-state index is 0.660. The Labute approximate surface area is 575 Å². The largest absolute Gasteiger partial charge is 0.456 e. The van der Waals surface area contributed by atoms with Crippen molar-refractivity contribution in [1.29, 1.82) is 10.5 Å². The van der Waals surface area contributed by atoms with Crippen LogP contribution in [-0.2, 0) is 0 Å². The molecule has 19 aromatic rings. The van der Waals surface area contributed by atoms with E-state index in [1.54, 1.807) is 0 Å². The van der Waals surface area contributed by atoms with Crippen LogP contribution in [0, 0.1) is 22.7 Å². The summed E-state index contributed by atoms with van der Waals surface area (Å²) >= 11 is 0. The van der Waals surface area contributed by atoms with Gasteiger partial charge in [0.1, 0.15) is 23.0 Å². The Hall–Kier alpha value is -13.6. The lowest BCUT2D eigenvalue weighted by atomic mass is 9.87. The molecule has 0 saturated carbocycles. The van der Waals surface area contributed by atoms with Gasteiger partial charge in [-0.3, -0.25) is 0 Å². The fourth-order valence-corrected chi connectivity index (χ4v) is 16.1. The lowest BCUT2D eigenvalue weighted by Gasteiger charge is -2.22. The number of fused-ring (bicyclic) bond motifs is 16. The van der Waals surface area contributed by atoms with E-state index in [1.165, 1.54) is 120 Å². The minimum absolute atomic E-state index is 0.660. The molecule has 4 heteroatoms. The monoisotopic (exact) mass is 1270 g/mol. The van der Waals surface area contributed by atoms with E-state index in [9.17, 15) is 10.5 Å². The van der Waals surface area contributed by atoms with Crippen molar-refractivity contribution in [2.24, 2.45) is 0 Å².